The number of rotatable bonds is 6. The van der Waals surface area contributed by atoms with Gasteiger partial charge in [0.05, 0.1) is 17.1 Å². The molecule has 0 unspecified atom stereocenters. The minimum Gasteiger partial charge on any atom is -0.294 e. The Balaban J connectivity index is 2.19. The molecule has 3 rings (SSSR count). The second-order valence-electron chi connectivity index (χ2n) is 6.49. The lowest BCUT2D eigenvalue weighted by atomic mass is 10.1. The highest BCUT2D eigenvalue weighted by Crippen LogP contribution is 2.30. The zero-order chi connectivity index (χ0) is 20.3. The minimum absolute atomic E-state index is 0.139. The van der Waals surface area contributed by atoms with Crippen LogP contribution in [0.5, 0.6) is 0 Å². The molecule has 0 aliphatic rings. The topological polar surface area (TPSA) is 54.5 Å². The molecule has 0 saturated heterocycles. The Labute approximate surface area is 179 Å². The van der Waals surface area contributed by atoms with Crippen LogP contribution in [-0.4, -0.2) is 14.2 Å². The van der Waals surface area contributed by atoms with E-state index in [4.69, 9.17) is 0 Å². The first-order valence-corrected chi connectivity index (χ1v) is 11.3. The van der Waals surface area contributed by atoms with Gasteiger partial charge in [0.15, 0.2) is 5.78 Å². The highest BCUT2D eigenvalue weighted by molar-refractivity contribution is 14.1. The Hall–Kier alpha value is -2.19. The van der Waals surface area contributed by atoms with Crippen LogP contribution in [-0.2, 0) is 16.6 Å². The Morgan fingerprint density at radius 1 is 0.929 bits per heavy atom. The first-order chi connectivity index (χ1) is 13.3. The SMILES string of the molecule is CC(=O)c1ccccc1N(Cc1ccccc1I)S(=O)(=O)c1ccc(C)cc1. The molecule has 3 aromatic rings. The van der Waals surface area contributed by atoms with E-state index < -0.39 is 10.0 Å². The maximum absolute atomic E-state index is 13.5. The predicted molar refractivity (Wildman–Crippen MR) is 120 cm³/mol. The molecule has 0 fully saturated rings. The van der Waals surface area contributed by atoms with E-state index in [9.17, 15) is 13.2 Å². The van der Waals surface area contributed by atoms with Crippen molar-refractivity contribution >= 4 is 44.1 Å². The average molecular weight is 505 g/mol. The largest absolute Gasteiger partial charge is 0.294 e. The number of benzene rings is 3. The molecule has 28 heavy (non-hydrogen) atoms. The average Bonchev–Trinajstić information content (AvgIpc) is 2.67. The summed E-state index contributed by atoms with van der Waals surface area (Å²) in [6, 6.07) is 21.2. The van der Waals surface area contributed by atoms with Gasteiger partial charge in [0.25, 0.3) is 10.0 Å². The number of carbonyl (C=O) groups excluding carboxylic acids is 1. The summed E-state index contributed by atoms with van der Waals surface area (Å²) in [7, 11) is -3.86. The Morgan fingerprint density at radius 3 is 2.18 bits per heavy atom. The molecule has 0 amide bonds. The number of nitrogens with zero attached hydrogens (tertiary/aromatic N) is 1. The lowest BCUT2D eigenvalue weighted by Crippen LogP contribution is -2.32. The lowest BCUT2D eigenvalue weighted by Gasteiger charge is -2.27. The predicted octanol–water partition coefficient (Wildman–Crippen LogP) is 5.20. The Morgan fingerprint density at radius 2 is 1.54 bits per heavy atom. The molecule has 0 aromatic heterocycles. The summed E-state index contributed by atoms with van der Waals surface area (Å²) in [5.74, 6) is -0.178. The smallest absolute Gasteiger partial charge is 0.264 e. The number of Topliss-reactive ketones (excluding diaryl/α,β-unsaturated/α-hetero) is 1. The lowest BCUT2D eigenvalue weighted by molar-refractivity contribution is 0.101. The molecule has 144 valence electrons. The van der Waals surface area contributed by atoms with Crippen LogP contribution in [0.4, 0.5) is 5.69 Å². The van der Waals surface area contributed by atoms with Gasteiger partial charge in [0, 0.05) is 9.13 Å². The zero-order valence-electron chi connectivity index (χ0n) is 15.6. The number of para-hydroxylation sites is 1. The quantitative estimate of drug-likeness (QED) is 0.342. The van der Waals surface area contributed by atoms with Crippen molar-refractivity contribution < 1.29 is 13.2 Å². The highest BCUT2D eigenvalue weighted by Gasteiger charge is 2.28. The molecule has 6 heteroatoms. The van der Waals surface area contributed by atoms with Crippen LogP contribution < -0.4 is 4.31 Å². The van der Waals surface area contributed by atoms with Gasteiger partial charge in [-0.1, -0.05) is 48.0 Å². The van der Waals surface area contributed by atoms with E-state index in [2.05, 4.69) is 22.6 Å². The minimum atomic E-state index is -3.86. The first-order valence-electron chi connectivity index (χ1n) is 8.73. The molecule has 4 nitrogen and oxygen atoms in total. The van der Waals surface area contributed by atoms with Crippen LogP contribution in [0.15, 0.2) is 77.7 Å². The second kappa shape index (κ2) is 8.45. The van der Waals surface area contributed by atoms with Crippen molar-refractivity contribution in [3.63, 3.8) is 0 Å². The third kappa shape index (κ3) is 4.28. The van der Waals surface area contributed by atoms with Crippen molar-refractivity contribution in [2.45, 2.75) is 25.3 Å². The summed E-state index contributed by atoms with van der Waals surface area (Å²) in [4.78, 5) is 12.4. The maximum atomic E-state index is 13.5. The number of anilines is 1. The van der Waals surface area contributed by atoms with Crippen molar-refractivity contribution in [1.29, 1.82) is 0 Å². The third-order valence-corrected chi connectivity index (χ3v) is 7.26. The highest BCUT2D eigenvalue weighted by atomic mass is 127. The van der Waals surface area contributed by atoms with Gasteiger partial charge in [0.2, 0.25) is 0 Å². The number of hydrogen-bond acceptors (Lipinski definition) is 3. The molecule has 0 N–H and O–H groups in total. The number of aryl methyl sites for hydroxylation is 1. The molecule has 0 aliphatic carbocycles. The molecular weight excluding hydrogens is 485 g/mol. The first kappa shape index (κ1) is 20.5. The summed E-state index contributed by atoms with van der Waals surface area (Å²) in [5, 5.41) is 0. The molecule has 0 atom stereocenters. The fourth-order valence-corrected chi connectivity index (χ4v) is 4.93. The summed E-state index contributed by atoms with van der Waals surface area (Å²) < 4.78 is 29.4. The zero-order valence-corrected chi connectivity index (χ0v) is 18.6. The van der Waals surface area contributed by atoms with Crippen molar-refractivity contribution in [3.05, 3.63) is 93.1 Å². The van der Waals surface area contributed by atoms with Crippen molar-refractivity contribution in [2.24, 2.45) is 0 Å². The van der Waals surface area contributed by atoms with Crippen molar-refractivity contribution in [2.75, 3.05) is 4.31 Å². The number of sulfonamides is 1. The molecule has 0 radical (unpaired) electrons. The Kier molecular flexibility index (Phi) is 6.20. The van der Waals surface area contributed by atoms with Crippen LogP contribution >= 0.6 is 22.6 Å². The normalized spacial score (nSPS) is 11.2. The van der Waals surface area contributed by atoms with Crippen LogP contribution in [0.3, 0.4) is 0 Å². The van der Waals surface area contributed by atoms with E-state index >= 15 is 0 Å². The van der Waals surface area contributed by atoms with Crippen molar-refractivity contribution in [1.82, 2.24) is 0 Å². The summed E-state index contributed by atoms with van der Waals surface area (Å²) in [6.45, 7) is 3.49. The van der Waals surface area contributed by atoms with Crippen LogP contribution in [0.25, 0.3) is 0 Å². The maximum Gasteiger partial charge on any atom is 0.264 e. The molecular formula is C22H20INO3S. The van der Waals surface area contributed by atoms with Gasteiger partial charge in [-0.3, -0.25) is 9.10 Å². The van der Waals surface area contributed by atoms with Crippen LogP contribution in [0, 0.1) is 10.5 Å². The fraction of sp³-hybridized carbons (Fsp3) is 0.136. The molecule has 0 heterocycles. The fourth-order valence-electron chi connectivity index (χ4n) is 2.91. The third-order valence-electron chi connectivity index (χ3n) is 4.43. The summed E-state index contributed by atoms with van der Waals surface area (Å²) in [6.07, 6.45) is 0. The van der Waals surface area contributed by atoms with Gasteiger partial charge in [-0.15, -0.1) is 0 Å². The molecule has 0 aliphatic heterocycles. The molecule has 0 spiro atoms. The van der Waals surface area contributed by atoms with Crippen LogP contribution in [0.1, 0.15) is 28.4 Å². The standard InChI is InChI=1S/C22H20INO3S/c1-16-11-13-19(14-12-16)28(26,27)24(15-18-7-3-5-9-21(18)23)22-10-6-4-8-20(22)17(2)25/h3-14H,15H2,1-2H3. The molecule has 0 bridgehead atoms. The summed E-state index contributed by atoms with van der Waals surface area (Å²) in [5.41, 5.74) is 2.61. The van der Waals surface area contributed by atoms with Crippen LogP contribution in [0.2, 0.25) is 0 Å². The molecule has 3 aromatic carbocycles. The van der Waals surface area contributed by atoms with Gasteiger partial charge < -0.3 is 0 Å². The van der Waals surface area contributed by atoms with E-state index in [1.807, 2.05) is 31.2 Å². The van der Waals surface area contributed by atoms with Gasteiger partial charge >= 0.3 is 0 Å². The number of carbonyl (C=O) groups is 1. The van der Waals surface area contributed by atoms with E-state index in [1.165, 1.54) is 11.2 Å². The van der Waals surface area contributed by atoms with E-state index in [-0.39, 0.29) is 17.2 Å². The van der Waals surface area contributed by atoms with Crippen molar-refractivity contribution in [3.8, 4) is 0 Å². The second-order valence-corrected chi connectivity index (χ2v) is 9.51. The number of halogens is 1. The van der Waals surface area contributed by atoms with E-state index in [0.717, 1.165) is 14.7 Å². The monoisotopic (exact) mass is 505 g/mol. The van der Waals surface area contributed by atoms with Gasteiger partial charge in [-0.25, -0.2) is 8.42 Å². The Bertz CT molecular complexity index is 1110. The van der Waals surface area contributed by atoms with E-state index in [0.29, 0.717) is 11.3 Å². The van der Waals surface area contributed by atoms with Gasteiger partial charge in [-0.2, -0.15) is 0 Å². The van der Waals surface area contributed by atoms with Gasteiger partial charge in [0.1, 0.15) is 0 Å². The van der Waals surface area contributed by atoms with E-state index in [1.54, 1.807) is 48.5 Å². The molecule has 0 saturated carbocycles. The van der Waals surface area contributed by atoms with Gasteiger partial charge in [-0.05, 0) is 72.3 Å². The summed E-state index contributed by atoms with van der Waals surface area (Å²) >= 11 is 2.19. The number of hydrogen-bond donors (Lipinski definition) is 0. The number of ketones is 1.